The summed E-state index contributed by atoms with van der Waals surface area (Å²) in [6.07, 6.45) is 1.70. The number of aromatic nitrogens is 2. The highest BCUT2D eigenvalue weighted by atomic mass is 16.6. The zero-order valence-corrected chi connectivity index (χ0v) is 16.1. The molecule has 1 saturated heterocycles. The second-order valence-corrected chi connectivity index (χ2v) is 7.34. The molecule has 0 aliphatic carbocycles. The van der Waals surface area contributed by atoms with Gasteiger partial charge in [0.25, 0.3) is 11.6 Å². The lowest BCUT2D eigenvalue weighted by Crippen LogP contribution is -2.40. The van der Waals surface area contributed by atoms with Crippen molar-refractivity contribution < 1.29 is 14.5 Å². The topological polar surface area (TPSA) is 101 Å². The number of nitro groups is 1. The standard InChI is InChI=1S/C21H22N4O4/c1-14-2-7-18-19(12-14)23-21(22-18)15-8-10-24(11-9-15)20(26)13-29-17-5-3-16(4-6-17)25(27)28/h2-7,12,15H,8-11,13H2,1H3,(H,22,23). The number of ether oxygens (including phenoxy) is 1. The van der Waals surface area contributed by atoms with E-state index in [-0.39, 0.29) is 18.2 Å². The van der Waals surface area contributed by atoms with Gasteiger partial charge in [0.2, 0.25) is 0 Å². The van der Waals surface area contributed by atoms with E-state index in [4.69, 9.17) is 9.72 Å². The average molecular weight is 394 g/mol. The first-order valence-corrected chi connectivity index (χ1v) is 9.61. The second-order valence-electron chi connectivity index (χ2n) is 7.34. The van der Waals surface area contributed by atoms with Crippen molar-refractivity contribution in [3.05, 3.63) is 64.0 Å². The minimum atomic E-state index is -0.470. The van der Waals surface area contributed by atoms with E-state index in [2.05, 4.69) is 24.0 Å². The van der Waals surface area contributed by atoms with E-state index >= 15 is 0 Å². The molecule has 2 heterocycles. The van der Waals surface area contributed by atoms with Crippen molar-refractivity contribution >= 4 is 22.6 Å². The van der Waals surface area contributed by atoms with E-state index in [9.17, 15) is 14.9 Å². The molecule has 8 nitrogen and oxygen atoms in total. The zero-order valence-electron chi connectivity index (χ0n) is 16.1. The molecular weight excluding hydrogens is 372 g/mol. The van der Waals surface area contributed by atoms with E-state index in [0.717, 1.165) is 29.7 Å². The van der Waals surface area contributed by atoms with Gasteiger partial charge < -0.3 is 14.6 Å². The highest BCUT2D eigenvalue weighted by Crippen LogP contribution is 2.28. The maximum Gasteiger partial charge on any atom is 0.269 e. The molecule has 29 heavy (non-hydrogen) atoms. The van der Waals surface area contributed by atoms with Gasteiger partial charge >= 0.3 is 0 Å². The van der Waals surface area contributed by atoms with Crippen LogP contribution in [0.15, 0.2) is 42.5 Å². The third-order valence-electron chi connectivity index (χ3n) is 5.30. The molecule has 0 saturated carbocycles. The fourth-order valence-electron chi connectivity index (χ4n) is 3.64. The summed E-state index contributed by atoms with van der Waals surface area (Å²) in [5, 5.41) is 10.7. The first kappa shape index (κ1) is 18.9. The number of fused-ring (bicyclic) bond motifs is 1. The summed E-state index contributed by atoms with van der Waals surface area (Å²) in [5.74, 6) is 1.65. The number of nitro benzene ring substituents is 1. The van der Waals surface area contributed by atoms with Crippen LogP contribution in [0.1, 0.15) is 30.1 Å². The smallest absolute Gasteiger partial charge is 0.269 e. The molecule has 1 N–H and O–H groups in total. The number of hydrogen-bond acceptors (Lipinski definition) is 5. The van der Waals surface area contributed by atoms with Crippen molar-refractivity contribution in [2.45, 2.75) is 25.7 Å². The molecule has 1 fully saturated rings. The van der Waals surface area contributed by atoms with E-state index in [1.54, 1.807) is 4.90 Å². The molecule has 3 aromatic rings. The number of imidazole rings is 1. The number of aryl methyl sites for hydroxylation is 1. The lowest BCUT2D eigenvalue weighted by Gasteiger charge is -2.31. The SMILES string of the molecule is Cc1ccc2nc(C3CCN(C(=O)COc4ccc([N+](=O)[O-])cc4)CC3)[nH]c2c1. The Morgan fingerprint density at radius 1 is 1.24 bits per heavy atom. The third kappa shape index (κ3) is 4.21. The van der Waals surface area contributed by atoms with E-state index in [1.165, 1.54) is 29.8 Å². The number of non-ortho nitro benzene ring substituents is 1. The number of likely N-dealkylation sites (tertiary alicyclic amines) is 1. The number of benzene rings is 2. The van der Waals surface area contributed by atoms with Crippen molar-refractivity contribution in [1.82, 2.24) is 14.9 Å². The van der Waals surface area contributed by atoms with Crippen molar-refractivity contribution in [3.63, 3.8) is 0 Å². The van der Waals surface area contributed by atoms with Crippen molar-refractivity contribution in [2.24, 2.45) is 0 Å². The Bertz CT molecular complexity index is 1040. The quantitative estimate of drug-likeness (QED) is 0.527. The highest BCUT2D eigenvalue weighted by Gasteiger charge is 2.26. The molecule has 150 valence electrons. The lowest BCUT2D eigenvalue weighted by molar-refractivity contribution is -0.384. The van der Waals surface area contributed by atoms with E-state index < -0.39 is 4.92 Å². The van der Waals surface area contributed by atoms with Crippen molar-refractivity contribution in [2.75, 3.05) is 19.7 Å². The predicted octanol–water partition coefficient (Wildman–Crippen LogP) is 3.56. The van der Waals surface area contributed by atoms with Crippen LogP contribution in [0.3, 0.4) is 0 Å². The number of piperidine rings is 1. The van der Waals surface area contributed by atoms with Crippen LogP contribution in [0.4, 0.5) is 5.69 Å². The molecular formula is C21H22N4O4. The van der Waals surface area contributed by atoms with Gasteiger partial charge in [-0.3, -0.25) is 14.9 Å². The zero-order chi connectivity index (χ0) is 20.4. The Kier molecular flexibility index (Phi) is 5.16. The van der Waals surface area contributed by atoms with Gasteiger partial charge in [0.1, 0.15) is 11.6 Å². The number of nitrogens with one attached hydrogen (secondary N) is 1. The van der Waals surface area contributed by atoms with E-state index in [1.807, 2.05) is 6.07 Å². The fourth-order valence-corrected chi connectivity index (χ4v) is 3.64. The Morgan fingerprint density at radius 3 is 2.66 bits per heavy atom. The molecule has 1 amide bonds. The van der Waals surface area contributed by atoms with Crippen LogP contribution in [0.5, 0.6) is 5.75 Å². The number of aromatic amines is 1. The van der Waals surface area contributed by atoms with Gasteiger partial charge in [0.05, 0.1) is 16.0 Å². The number of carbonyl (C=O) groups is 1. The maximum atomic E-state index is 12.4. The molecule has 0 atom stereocenters. The Balaban J connectivity index is 1.30. The summed E-state index contributed by atoms with van der Waals surface area (Å²) >= 11 is 0. The summed E-state index contributed by atoms with van der Waals surface area (Å²) < 4.78 is 5.49. The molecule has 0 bridgehead atoms. The summed E-state index contributed by atoms with van der Waals surface area (Å²) in [5.41, 5.74) is 3.21. The number of carbonyl (C=O) groups excluding carboxylic acids is 1. The Labute approximate surface area is 167 Å². The molecule has 1 aliphatic rings. The van der Waals surface area contributed by atoms with Gasteiger partial charge in [0, 0.05) is 31.1 Å². The van der Waals surface area contributed by atoms with Gasteiger partial charge in [-0.2, -0.15) is 0 Å². The maximum absolute atomic E-state index is 12.4. The van der Waals surface area contributed by atoms with Crippen LogP contribution >= 0.6 is 0 Å². The largest absolute Gasteiger partial charge is 0.484 e. The van der Waals surface area contributed by atoms with E-state index in [0.29, 0.717) is 24.8 Å². The lowest BCUT2D eigenvalue weighted by atomic mass is 9.96. The van der Waals surface area contributed by atoms with Crippen molar-refractivity contribution in [3.8, 4) is 5.75 Å². The molecule has 0 radical (unpaired) electrons. The van der Waals surface area contributed by atoms with Crippen molar-refractivity contribution in [1.29, 1.82) is 0 Å². The number of H-pyrrole nitrogens is 1. The summed E-state index contributed by atoms with van der Waals surface area (Å²) in [4.78, 5) is 32.6. The Hall–Kier alpha value is -3.42. The molecule has 8 heteroatoms. The number of nitrogens with zero attached hydrogens (tertiary/aromatic N) is 3. The van der Waals surface area contributed by atoms with Gasteiger partial charge in [-0.15, -0.1) is 0 Å². The monoisotopic (exact) mass is 394 g/mol. The molecule has 2 aromatic carbocycles. The summed E-state index contributed by atoms with van der Waals surface area (Å²) in [6, 6.07) is 11.9. The van der Waals surface area contributed by atoms with Gasteiger partial charge in [-0.25, -0.2) is 4.98 Å². The molecule has 1 aliphatic heterocycles. The minimum absolute atomic E-state index is 0.00787. The van der Waals surface area contributed by atoms with Crippen LogP contribution < -0.4 is 4.74 Å². The number of amides is 1. The third-order valence-corrected chi connectivity index (χ3v) is 5.30. The first-order chi connectivity index (χ1) is 14.0. The van der Waals surface area contributed by atoms with Crippen LogP contribution in [-0.2, 0) is 4.79 Å². The Morgan fingerprint density at radius 2 is 1.97 bits per heavy atom. The average Bonchev–Trinajstić information content (AvgIpc) is 3.15. The molecule has 1 aromatic heterocycles. The predicted molar refractivity (Wildman–Crippen MR) is 108 cm³/mol. The van der Waals surface area contributed by atoms with Crippen LogP contribution in [0, 0.1) is 17.0 Å². The van der Waals surface area contributed by atoms with Crippen LogP contribution in [-0.4, -0.2) is 45.4 Å². The number of rotatable bonds is 5. The summed E-state index contributed by atoms with van der Waals surface area (Å²) in [7, 11) is 0. The van der Waals surface area contributed by atoms with Gasteiger partial charge in [-0.1, -0.05) is 6.07 Å². The molecule has 4 rings (SSSR count). The normalized spacial score (nSPS) is 14.9. The minimum Gasteiger partial charge on any atom is -0.484 e. The second kappa shape index (κ2) is 7.90. The molecule has 0 spiro atoms. The molecule has 0 unspecified atom stereocenters. The van der Waals surface area contributed by atoms with Gasteiger partial charge in [-0.05, 0) is 49.6 Å². The number of hydrogen-bond donors (Lipinski definition) is 1. The van der Waals surface area contributed by atoms with Crippen LogP contribution in [0.25, 0.3) is 11.0 Å². The fraction of sp³-hybridized carbons (Fsp3) is 0.333. The summed E-state index contributed by atoms with van der Waals surface area (Å²) in [6.45, 7) is 3.29. The van der Waals surface area contributed by atoms with Crippen LogP contribution in [0.2, 0.25) is 0 Å². The van der Waals surface area contributed by atoms with Gasteiger partial charge in [0.15, 0.2) is 6.61 Å². The highest BCUT2D eigenvalue weighted by molar-refractivity contribution is 5.78. The first-order valence-electron chi connectivity index (χ1n) is 9.61.